The van der Waals surface area contributed by atoms with Crippen molar-refractivity contribution in [3.8, 4) is 0 Å². The van der Waals surface area contributed by atoms with Crippen LogP contribution >= 0.6 is 0 Å². The number of aliphatic carboxylic acids is 2. The zero-order valence-corrected chi connectivity index (χ0v) is 19.6. The van der Waals surface area contributed by atoms with Crippen molar-refractivity contribution in [1.29, 1.82) is 0 Å². The van der Waals surface area contributed by atoms with Crippen LogP contribution in [0, 0.1) is 0 Å². The highest BCUT2D eigenvalue weighted by Gasteiger charge is 2.32. The second-order valence-corrected chi connectivity index (χ2v) is 8.46. The highest BCUT2D eigenvalue weighted by Crippen LogP contribution is 2.09. The van der Waals surface area contributed by atoms with Crippen molar-refractivity contribution < 1.29 is 39.0 Å². The maximum Gasteiger partial charge on any atom is 0.326 e. The molecule has 13 nitrogen and oxygen atoms in total. The minimum absolute atomic E-state index is 0.0897. The number of carboxylic acids is 2. The van der Waals surface area contributed by atoms with Crippen LogP contribution in [0.1, 0.15) is 37.7 Å². The van der Waals surface area contributed by atoms with Gasteiger partial charge in [-0.05, 0) is 31.4 Å². The first-order valence-electron chi connectivity index (χ1n) is 11.5. The SMILES string of the molecule is NC(=O)CC(NC(=O)C(Cc1ccccc1)NC(=O)C1CCCN1)C(=O)NC(CCC(=O)O)C(=O)O. The van der Waals surface area contributed by atoms with Gasteiger partial charge in [-0.15, -0.1) is 0 Å². The van der Waals surface area contributed by atoms with E-state index >= 15 is 0 Å². The molecule has 1 fully saturated rings. The number of carbonyl (C=O) groups is 6. The highest BCUT2D eigenvalue weighted by molar-refractivity contribution is 5.96. The molecule has 1 aliphatic rings. The Hall–Kier alpha value is -4.00. The van der Waals surface area contributed by atoms with E-state index in [4.69, 9.17) is 10.8 Å². The summed E-state index contributed by atoms with van der Waals surface area (Å²) in [6.45, 7) is 0.668. The number of hydrogen-bond donors (Lipinski definition) is 7. The molecule has 196 valence electrons. The van der Waals surface area contributed by atoms with Gasteiger partial charge >= 0.3 is 11.9 Å². The fourth-order valence-corrected chi connectivity index (χ4v) is 3.72. The van der Waals surface area contributed by atoms with Gasteiger partial charge in [0, 0.05) is 12.8 Å². The molecule has 13 heteroatoms. The van der Waals surface area contributed by atoms with E-state index in [1.54, 1.807) is 30.3 Å². The largest absolute Gasteiger partial charge is 0.481 e. The van der Waals surface area contributed by atoms with Crippen molar-refractivity contribution in [3.63, 3.8) is 0 Å². The predicted octanol–water partition coefficient (Wildman–Crippen LogP) is -1.74. The minimum Gasteiger partial charge on any atom is -0.481 e. The van der Waals surface area contributed by atoms with E-state index in [9.17, 15) is 33.9 Å². The normalized spacial score (nSPS) is 17.3. The summed E-state index contributed by atoms with van der Waals surface area (Å²) in [6, 6.07) is 4.15. The zero-order valence-electron chi connectivity index (χ0n) is 19.6. The van der Waals surface area contributed by atoms with E-state index in [2.05, 4.69) is 21.3 Å². The molecule has 36 heavy (non-hydrogen) atoms. The van der Waals surface area contributed by atoms with E-state index in [1.165, 1.54) is 0 Å². The quantitative estimate of drug-likeness (QED) is 0.152. The number of nitrogens with one attached hydrogen (secondary N) is 4. The molecular formula is C23H31N5O8. The summed E-state index contributed by atoms with van der Waals surface area (Å²) in [5.74, 6) is -5.86. The van der Waals surface area contributed by atoms with Gasteiger partial charge in [-0.3, -0.25) is 24.0 Å². The molecule has 0 bridgehead atoms. The number of nitrogens with two attached hydrogens (primary N) is 1. The molecule has 1 saturated heterocycles. The Morgan fingerprint density at radius 3 is 2.14 bits per heavy atom. The average molecular weight is 506 g/mol. The van der Waals surface area contributed by atoms with E-state index in [0.29, 0.717) is 13.0 Å². The molecule has 8 N–H and O–H groups in total. The molecule has 1 aliphatic heterocycles. The summed E-state index contributed by atoms with van der Waals surface area (Å²) in [6.07, 6.45) is -0.0725. The molecule has 0 spiro atoms. The second-order valence-electron chi connectivity index (χ2n) is 8.46. The summed E-state index contributed by atoms with van der Waals surface area (Å²) in [4.78, 5) is 72.4. The Morgan fingerprint density at radius 2 is 1.58 bits per heavy atom. The van der Waals surface area contributed by atoms with Gasteiger partial charge in [0.15, 0.2) is 0 Å². The van der Waals surface area contributed by atoms with Crippen LogP contribution in [-0.4, -0.2) is 76.5 Å². The van der Waals surface area contributed by atoms with Crippen LogP contribution in [-0.2, 0) is 35.2 Å². The predicted molar refractivity (Wildman–Crippen MR) is 125 cm³/mol. The molecule has 0 radical (unpaired) electrons. The van der Waals surface area contributed by atoms with Gasteiger partial charge in [0.1, 0.15) is 18.1 Å². The molecule has 4 amide bonds. The summed E-state index contributed by atoms with van der Waals surface area (Å²) < 4.78 is 0. The van der Waals surface area contributed by atoms with Crippen molar-refractivity contribution in [2.24, 2.45) is 5.73 Å². The molecule has 1 heterocycles. The van der Waals surface area contributed by atoms with Gasteiger partial charge in [-0.25, -0.2) is 4.79 Å². The zero-order chi connectivity index (χ0) is 26.7. The lowest BCUT2D eigenvalue weighted by atomic mass is 10.0. The van der Waals surface area contributed by atoms with Crippen molar-refractivity contribution in [3.05, 3.63) is 35.9 Å². The first-order valence-corrected chi connectivity index (χ1v) is 11.5. The van der Waals surface area contributed by atoms with Gasteiger partial charge in [-0.1, -0.05) is 30.3 Å². The second kappa shape index (κ2) is 13.8. The number of carboxylic acid groups (broad SMARTS) is 2. The van der Waals surface area contributed by atoms with Gasteiger partial charge in [0.05, 0.1) is 12.5 Å². The maximum atomic E-state index is 13.2. The smallest absolute Gasteiger partial charge is 0.326 e. The van der Waals surface area contributed by atoms with Crippen molar-refractivity contribution >= 4 is 35.6 Å². The monoisotopic (exact) mass is 505 g/mol. The highest BCUT2D eigenvalue weighted by atomic mass is 16.4. The molecule has 4 unspecified atom stereocenters. The molecule has 1 aromatic rings. The van der Waals surface area contributed by atoms with Crippen LogP contribution in [0.5, 0.6) is 0 Å². The minimum atomic E-state index is -1.56. The van der Waals surface area contributed by atoms with Crippen LogP contribution in [0.4, 0.5) is 0 Å². The molecule has 0 aliphatic carbocycles. The van der Waals surface area contributed by atoms with E-state index in [0.717, 1.165) is 12.0 Å². The standard InChI is InChI=1S/C23H31N5O8/c24-18(29)12-17(22(34)26-15(23(35)36)8-9-19(30)31)28-21(33)16(11-13-5-2-1-3-6-13)27-20(32)14-7-4-10-25-14/h1-3,5-6,14-17,25H,4,7-12H2,(H2,24,29)(H,26,34)(H,27,32)(H,28,33)(H,30,31)(H,35,36). The van der Waals surface area contributed by atoms with Crippen molar-refractivity contribution in [2.45, 2.75) is 62.7 Å². The fourth-order valence-electron chi connectivity index (χ4n) is 3.72. The topological polar surface area (TPSA) is 217 Å². The van der Waals surface area contributed by atoms with Gasteiger partial charge in [0.25, 0.3) is 0 Å². The lowest BCUT2D eigenvalue weighted by Gasteiger charge is -2.25. The number of rotatable bonds is 14. The lowest BCUT2D eigenvalue weighted by molar-refractivity contribution is -0.143. The summed E-state index contributed by atoms with van der Waals surface area (Å²) in [5.41, 5.74) is 5.95. The number of carbonyl (C=O) groups excluding carboxylic acids is 4. The van der Waals surface area contributed by atoms with Gasteiger partial charge < -0.3 is 37.2 Å². The number of amides is 4. The first-order chi connectivity index (χ1) is 17.1. The Labute approximate surface area is 207 Å². The third-order valence-corrected chi connectivity index (χ3v) is 5.59. The molecular weight excluding hydrogens is 474 g/mol. The Bertz CT molecular complexity index is 965. The summed E-state index contributed by atoms with van der Waals surface area (Å²) >= 11 is 0. The maximum absolute atomic E-state index is 13.2. The van der Waals surface area contributed by atoms with Crippen molar-refractivity contribution in [1.82, 2.24) is 21.3 Å². The lowest BCUT2D eigenvalue weighted by Crippen LogP contribution is -2.58. The van der Waals surface area contributed by atoms with Crippen molar-refractivity contribution in [2.75, 3.05) is 6.54 Å². The molecule has 0 aromatic heterocycles. The molecule has 2 rings (SSSR count). The molecule has 0 saturated carbocycles. The van der Waals surface area contributed by atoms with Crippen LogP contribution in [0.25, 0.3) is 0 Å². The van der Waals surface area contributed by atoms with E-state index in [-0.39, 0.29) is 12.3 Å². The molecule has 1 aromatic carbocycles. The number of benzene rings is 1. The van der Waals surface area contributed by atoms with Crippen LogP contribution in [0.2, 0.25) is 0 Å². The van der Waals surface area contributed by atoms with Crippen LogP contribution < -0.4 is 27.0 Å². The summed E-state index contributed by atoms with van der Waals surface area (Å²) in [5, 5.41) is 28.3. The van der Waals surface area contributed by atoms with E-state index < -0.39 is 73.1 Å². The molecule has 4 atom stereocenters. The summed E-state index contributed by atoms with van der Waals surface area (Å²) in [7, 11) is 0. The Kier molecular flexibility index (Phi) is 10.8. The first kappa shape index (κ1) is 28.2. The third kappa shape index (κ3) is 9.33. The fraction of sp³-hybridized carbons (Fsp3) is 0.478. The van der Waals surface area contributed by atoms with Gasteiger partial charge in [-0.2, -0.15) is 0 Å². The Morgan fingerprint density at radius 1 is 0.944 bits per heavy atom. The van der Waals surface area contributed by atoms with Crippen LogP contribution in [0.3, 0.4) is 0 Å². The number of hydrogen-bond acceptors (Lipinski definition) is 7. The Balaban J connectivity index is 2.17. The number of primary amides is 1. The van der Waals surface area contributed by atoms with Crippen LogP contribution in [0.15, 0.2) is 30.3 Å². The van der Waals surface area contributed by atoms with E-state index in [1.807, 2.05) is 0 Å². The van der Waals surface area contributed by atoms with Gasteiger partial charge in [0.2, 0.25) is 23.6 Å². The average Bonchev–Trinajstić information content (AvgIpc) is 3.36. The third-order valence-electron chi connectivity index (χ3n) is 5.59.